The Hall–Kier alpha value is -1.68. The number of hydrogen-bond acceptors (Lipinski definition) is 4. The van der Waals surface area contributed by atoms with Crippen LogP contribution in [0.2, 0.25) is 0 Å². The smallest absolute Gasteiger partial charge is 0.224 e. The zero-order valence-electron chi connectivity index (χ0n) is 7.23. The highest BCUT2D eigenvalue weighted by molar-refractivity contribution is 5.14. The predicted molar refractivity (Wildman–Crippen MR) is 50.8 cm³/mol. The molecule has 0 aliphatic carbocycles. The van der Waals surface area contributed by atoms with Crippen LogP contribution in [-0.2, 0) is 11.4 Å². The van der Waals surface area contributed by atoms with Gasteiger partial charge in [0.25, 0.3) is 0 Å². The van der Waals surface area contributed by atoms with Crippen LogP contribution in [0.25, 0.3) is 0 Å². The van der Waals surface area contributed by atoms with E-state index in [-0.39, 0.29) is 5.88 Å². The molecule has 70 valence electrons. The van der Waals surface area contributed by atoms with Gasteiger partial charge in [-0.3, -0.25) is 0 Å². The third-order valence-corrected chi connectivity index (χ3v) is 1.53. The van der Waals surface area contributed by atoms with Gasteiger partial charge in [0.1, 0.15) is 0 Å². The molecule has 0 saturated heterocycles. The summed E-state index contributed by atoms with van der Waals surface area (Å²) in [5.41, 5.74) is 6.46. The summed E-state index contributed by atoms with van der Waals surface area (Å²) >= 11 is 0. The third kappa shape index (κ3) is 3.48. The van der Waals surface area contributed by atoms with Crippen molar-refractivity contribution in [1.82, 2.24) is 5.32 Å². The summed E-state index contributed by atoms with van der Waals surface area (Å²) in [6, 6.07) is 9.95. The second-order valence-electron chi connectivity index (χ2n) is 2.53. The predicted octanol–water partition coefficient (Wildman–Crippen LogP) is 0.424. The van der Waals surface area contributed by atoms with Crippen molar-refractivity contribution >= 4 is 0 Å². The average molecular weight is 179 g/mol. The first-order chi connectivity index (χ1) is 6.33. The molecule has 0 atom stereocenters. The van der Waals surface area contributed by atoms with Gasteiger partial charge in [-0.05, 0) is 5.56 Å². The van der Waals surface area contributed by atoms with E-state index in [2.05, 4.69) is 10.2 Å². The highest BCUT2D eigenvalue weighted by Gasteiger charge is 1.88. The van der Waals surface area contributed by atoms with E-state index in [0.29, 0.717) is 6.54 Å². The number of hydrogen-bond donors (Lipinski definition) is 3. The van der Waals surface area contributed by atoms with E-state index in [4.69, 9.17) is 11.6 Å². The van der Waals surface area contributed by atoms with Gasteiger partial charge < -0.3 is 15.9 Å². The maximum atomic E-state index is 5.29. The van der Waals surface area contributed by atoms with Crippen molar-refractivity contribution in [1.29, 1.82) is 0 Å². The first kappa shape index (κ1) is 9.41. The number of nitrogens with two attached hydrogens (primary N) is 2. The molecule has 0 amide bonds. The van der Waals surface area contributed by atoms with Crippen LogP contribution in [0.3, 0.4) is 0 Å². The fraction of sp³-hybridized carbons (Fsp3) is 0.111. The van der Waals surface area contributed by atoms with Crippen molar-refractivity contribution in [3.63, 3.8) is 0 Å². The van der Waals surface area contributed by atoms with Crippen molar-refractivity contribution in [3.05, 3.63) is 48.0 Å². The molecule has 0 radical (unpaired) electrons. The van der Waals surface area contributed by atoms with E-state index >= 15 is 0 Å². The summed E-state index contributed by atoms with van der Waals surface area (Å²) in [5, 5.41) is 2.96. The Morgan fingerprint density at radius 2 is 2.08 bits per heavy atom. The summed E-state index contributed by atoms with van der Waals surface area (Å²) in [6.07, 6.45) is 1.52. The molecule has 13 heavy (non-hydrogen) atoms. The van der Waals surface area contributed by atoms with Gasteiger partial charge in [-0.2, -0.15) is 5.90 Å². The Morgan fingerprint density at radius 3 is 2.69 bits per heavy atom. The van der Waals surface area contributed by atoms with E-state index in [0.717, 1.165) is 0 Å². The van der Waals surface area contributed by atoms with Gasteiger partial charge >= 0.3 is 0 Å². The van der Waals surface area contributed by atoms with Crippen molar-refractivity contribution in [3.8, 4) is 0 Å². The van der Waals surface area contributed by atoms with Gasteiger partial charge in [0, 0.05) is 6.54 Å². The van der Waals surface area contributed by atoms with E-state index in [1.54, 1.807) is 0 Å². The Kier molecular flexibility index (Phi) is 3.66. The molecule has 4 heteroatoms. The minimum absolute atomic E-state index is 0.163. The molecule has 1 aromatic carbocycles. The Labute approximate surface area is 77.1 Å². The quantitative estimate of drug-likeness (QED) is 0.462. The highest BCUT2D eigenvalue weighted by atomic mass is 16.6. The van der Waals surface area contributed by atoms with Crippen molar-refractivity contribution in [2.75, 3.05) is 0 Å². The molecule has 0 aliphatic rings. The maximum absolute atomic E-state index is 5.29. The largest absolute Gasteiger partial charge is 0.392 e. The van der Waals surface area contributed by atoms with E-state index in [1.807, 2.05) is 30.3 Å². The molecule has 0 bridgehead atoms. The summed E-state index contributed by atoms with van der Waals surface area (Å²) in [6.45, 7) is 0.699. The molecule has 0 aliphatic heterocycles. The number of rotatable bonds is 4. The average Bonchev–Trinajstić information content (AvgIpc) is 2.19. The standard InChI is InChI=1S/C9H13N3O/c10-9(13-11)7-12-6-8-4-2-1-3-5-8/h1-5,7,12H,6,10-11H2/b9-7-. The molecule has 0 saturated carbocycles. The maximum Gasteiger partial charge on any atom is 0.224 e. The Balaban J connectivity index is 2.36. The topological polar surface area (TPSA) is 73.3 Å². The number of benzene rings is 1. The first-order valence-corrected chi connectivity index (χ1v) is 3.92. The van der Waals surface area contributed by atoms with Crippen LogP contribution in [0.1, 0.15) is 5.56 Å². The molecular weight excluding hydrogens is 166 g/mol. The molecule has 1 aromatic rings. The minimum atomic E-state index is 0.163. The summed E-state index contributed by atoms with van der Waals surface area (Å²) in [4.78, 5) is 4.26. The summed E-state index contributed by atoms with van der Waals surface area (Å²) < 4.78 is 0. The summed E-state index contributed by atoms with van der Waals surface area (Å²) in [5.74, 6) is 4.98. The monoisotopic (exact) mass is 179 g/mol. The molecule has 5 N–H and O–H groups in total. The lowest BCUT2D eigenvalue weighted by molar-refractivity contribution is 0.215. The Bertz CT molecular complexity index is 271. The second kappa shape index (κ2) is 5.05. The van der Waals surface area contributed by atoms with Gasteiger partial charge in [0.2, 0.25) is 5.88 Å². The van der Waals surface area contributed by atoms with Gasteiger partial charge in [-0.1, -0.05) is 30.3 Å². The highest BCUT2D eigenvalue weighted by Crippen LogP contribution is 1.96. The van der Waals surface area contributed by atoms with Gasteiger partial charge in [0.05, 0.1) is 6.20 Å². The molecule has 1 rings (SSSR count). The number of nitrogens with one attached hydrogen (secondary N) is 1. The lowest BCUT2D eigenvalue weighted by atomic mass is 10.2. The zero-order chi connectivity index (χ0) is 9.52. The lowest BCUT2D eigenvalue weighted by Gasteiger charge is -2.01. The molecule has 4 nitrogen and oxygen atoms in total. The van der Waals surface area contributed by atoms with Gasteiger partial charge in [-0.25, -0.2) is 0 Å². The molecule has 0 spiro atoms. The fourth-order valence-electron chi connectivity index (χ4n) is 0.899. The van der Waals surface area contributed by atoms with Crippen LogP contribution in [0.15, 0.2) is 42.4 Å². The van der Waals surface area contributed by atoms with Crippen LogP contribution in [-0.4, -0.2) is 0 Å². The van der Waals surface area contributed by atoms with Crippen LogP contribution < -0.4 is 16.9 Å². The van der Waals surface area contributed by atoms with E-state index in [9.17, 15) is 0 Å². The molecule has 0 aromatic heterocycles. The van der Waals surface area contributed by atoms with Crippen LogP contribution >= 0.6 is 0 Å². The molecular formula is C9H13N3O. The first-order valence-electron chi connectivity index (χ1n) is 3.92. The summed E-state index contributed by atoms with van der Waals surface area (Å²) in [7, 11) is 0. The van der Waals surface area contributed by atoms with Gasteiger partial charge in [0.15, 0.2) is 0 Å². The Morgan fingerprint density at radius 1 is 1.38 bits per heavy atom. The molecule has 0 fully saturated rings. The fourth-order valence-corrected chi connectivity index (χ4v) is 0.899. The SMILES string of the molecule is NO/C(N)=C\NCc1ccccc1. The zero-order valence-corrected chi connectivity index (χ0v) is 7.23. The van der Waals surface area contributed by atoms with E-state index in [1.165, 1.54) is 11.8 Å². The van der Waals surface area contributed by atoms with Crippen molar-refractivity contribution < 1.29 is 4.84 Å². The molecule has 0 heterocycles. The van der Waals surface area contributed by atoms with Crippen molar-refractivity contribution in [2.24, 2.45) is 11.6 Å². The third-order valence-electron chi connectivity index (χ3n) is 1.53. The van der Waals surface area contributed by atoms with E-state index < -0.39 is 0 Å². The van der Waals surface area contributed by atoms with Crippen LogP contribution in [0, 0.1) is 0 Å². The van der Waals surface area contributed by atoms with Crippen molar-refractivity contribution in [2.45, 2.75) is 6.54 Å². The minimum Gasteiger partial charge on any atom is -0.392 e. The van der Waals surface area contributed by atoms with Crippen LogP contribution in [0.5, 0.6) is 0 Å². The molecule has 0 unspecified atom stereocenters. The van der Waals surface area contributed by atoms with Gasteiger partial charge in [-0.15, -0.1) is 0 Å². The normalized spacial score (nSPS) is 11.0. The van der Waals surface area contributed by atoms with Crippen LogP contribution in [0.4, 0.5) is 0 Å². The second-order valence-corrected chi connectivity index (χ2v) is 2.53. The lowest BCUT2D eigenvalue weighted by Crippen LogP contribution is -2.13.